The Morgan fingerprint density at radius 3 is 2.61 bits per heavy atom. The molecule has 0 heterocycles. The largest absolute Gasteiger partial charge is 0.385 e. The number of hydrogen-bond donors (Lipinski definition) is 1. The fourth-order valence-electron chi connectivity index (χ4n) is 6.16. The Morgan fingerprint density at radius 1 is 1.13 bits per heavy atom. The maximum atomic E-state index is 13.0. The Bertz CT molecular complexity index is 648. The van der Waals surface area contributed by atoms with Gasteiger partial charge in [0.1, 0.15) is 11.9 Å². The minimum absolute atomic E-state index is 0.0909. The predicted octanol–water partition coefficient (Wildman–Crippen LogP) is 2.24. The molecule has 124 valence electrons. The third kappa shape index (κ3) is 1.84. The molecule has 0 bridgehead atoms. The summed E-state index contributed by atoms with van der Waals surface area (Å²) >= 11 is 0. The van der Waals surface area contributed by atoms with E-state index in [2.05, 4.69) is 6.92 Å². The van der Waals surface area contributed by atoms with Crippen LogP contribution in [-0.4, -0.2) is 28.6 Å². The van der Waals surface area contributed by atoms with E-state index in [9.17, 15) is 19.5 Å². The van der Waals surface area contributed by atoms with Crippen molar-refractivity contribution in [1.82, 2.24) is 0 Å². The summed E-state index contributed by atoms with van der Waals surface area (Å²) in [5.74, 6) is 0.435. The van der Waals surface area contributed by atoms with Gasteiger partial charge in [-0.1, -0.05) is 19.4 Å². The van der Waals surface area contributed by atoms with Crippen LogP contribution in [0.2, 0.25) is 0 Å². The fourth-order valence-corrected chi connectivity index (χ4v) is 6.16. The molecule has 1 unspecified atom stereocenters. The van der Waals surface area contributed by atoms with Crippen LogP contribution in [0.15, 0.2) is 11.6 Å². The first-order chi connectivity index (χ1) is 10.8. The van der Waals surface area contributed by atoms with Gasteiger partial charge in [0.05, 0.1) is 0 Å². The lowest BCUT2D eigenvalue weighted by molar-refractivity contribution is -0.149. The first kappa shape index (κ1) is 15.3. The zero-order valence-corrected chi connectivity index (χ0v) is 13.8. The van der Waals surface area contributed by atoms with Crippen LogP contribution in [0.3, 0.4) is 0 Å². The highest BCUT2D eigenvalue weighted by Crippen LogP contribution is 2.63. The molecule has 1 N–H and O–H groups in total. The average Bonchev–Trinajstić information content (AvgIpc) is 2.71. The zero-order valence-electron chi connectivity index (χ0n) is 13.8. The molecule has 4 heteroatoms. The number of rotatable bonds is 0. The second kappa shape index (κ2) is 4.62. The number of allylic oxidation sites excluding steroid dienone is 1. The number of ketones is 3. The van der Waals surface area contributed by atoms with Crippen LogP contribution in [0.5, 0.6) is 0 Å². The summed E-state index contributed by atoms with van der Waals surface area (Å²) in [5, 5.41) is 10.3. The molecule has 0 aliphatic heterocycles. The highest BCUT2D eigenvalue weighted by molar-refractivity contribution is 5.94. The first-order valence-electron chi connectivity index (χ1n) is 8.75. The van der Waals surface area contributed by atoms with E-state index >= 15 is 0 Å². The van der Waals surface area contributed by atoms with Crippen LogP contribution < -0.4 is 0 Å². The van der Waals surface area contributed by atoms with Gasteiger partial charge < -0.3 is 5.11 Å². The van der Waals surface area contributed by atoms with Crippen LogP contribution in [0, 0.1) is 28.6 Å². The topological polar surface area (TPSA) is 71.4 Å². The smallest absolute Gasteiger partial charge is 0.162 e. The van der Waals surface area contributed by atoms with Gasteiger partial charge in [-0.05, 0) is 42.6 Å². The molecule has 0 amide bonds. The predicted molar refractivity (Wildman–Crippen MR) is 83.5 cm³/mol. The average molecular weight is 316 g/mol. The summed E-state index contributed by atoms with van der Waals surface area (Å²) in [6.07, 6.45) is 4.43. The van der Waals surface area contributed by atoms with E-state index in [1.54, 1.807) is 6.08 Å². The normalized spacial score (nSPS) is 49.3. The van der Waals surface area contributed by atoms with E-state index in [1.165, 1.54) is 0 Å². The molecule has 0 radical (unpaired) electrons. The molecule has 4 aliphatic rings. The second-order valence-corrected chi connectivity index (χ2v) is 8.56. The molecule has 6 atom stereocenters. The van der Waals surface area contributed by atoms with Crippen molar-refractivity contribution < 1.29 is 19.5 Å². The first-order valence-corrected chi connectivity index (χ1v) is 8.75. The number of fused-ring (bicyclic) bond motifs is 5. The summed E-state index contributed by atoms with van der Waals surface area (Å²) in [4.78, 5) is 36.9. The number of carbonyl (C=O) groups is 3. The van der Waals surface area contributed by atoms with Gasteiger partial charge in [-0.2, -0.15) is 0 Å². The Labute approximate surface area is 136 Å². The molecular formula is C19H24O4. The molecule has 0 spiro atoms. The maximum absolute atomic E-state index is 13.0. The number of hydrogen-bond acceptors (Lipinski definition) is 4. The van der Waals surface area contributed by atoms with Crippen LogP contribution in [0.1, 0.15) is 52.4 Å². The summed E-state index contributed by atoms with van der Waals surface area (Å²) in [6, 6.07) is 0. The molecule has 0 aromatic rings. The van der Waals surface area contributed by atoms with Crippen molar-refractivity contribution in [2.24, 2.45) is 28.6 Å². The van der Waals surface area contributed by atoms with E-state index in [-0.39, 0.29) is 40.5 Å². The SMILES string of the molecule is C[C@]12CCC(=O)C=C1CC[C@@H]1[C@@H]2C(=O)C[C@]2(C)C(O)C(=O)C[C@@H]12. The summed E-state index contributed by atoms with van der Waals surface area (Å²) in [7, 11) is 0. The van der Waals surface area contributed by atoms with Crippen LogP contribution in [-0.2, 0) is 14.4 Å². The van der Waals surface area contributed by atoms with E-state index in [1.807, 2.05) is 6.92 Å². The molecule has 4 nitrogen and oxygen atoms in total. The van der Waals surface area contributed by atoms with Gasteiger partial charge in [0, 0.05) is 30.6 Å². The second-order valence-electron chi connectivity index (χ2n) is 8.56. The summed E-state index contributed by atoms with van der Waals surface area (Å²) < 4.78 is 0. The number of aliphatic hydroxyl groups excluding tert-OH is 1. The molecular weight excluding hydrogens is 292 g/mol. The monoisotopic (exact) mass is 316 g/mol. The Morgan fingerprint density at radius 2 is 1.87 bits per heavy atom. The molecule has 23 heavy (non-hydrogen) atoms. The fraction of sp³-hybridized carbons (Fsp3) is 0.737. The van der Waals surface area contributed by atoms with E-state index in [4.69, 9.17) is 0 Å². The molecule has 3 fully saturated rings. The van der Waals surface area contributed by atoms with Crippen molar-refractivity contribution in [3.8, 4) is 0 Å². The molecule has 0 saturated heterocycles. The van der Waals surface area contributed by atoms with Gasteiger partial charge in [0.2, 0.25) is 0 Å². The third-order valence-electron chi connectivity index (χ3n) is 7.44. The lowest BCUT2D eigenvalue weighted by Gasteiger charge is -2.56. The summed E-state index contributed by atoms with van der Waals surface area (Å²) in [6.45, 7) is 4.05. The number of aliphatic hydroxyl groups is 1. The van der Waals surface area contributed by atoms with Gasteiger partial charge in [0.15, 0.2) is 11.6 Å². The van der Waals surface area contributed by atoms with Gasteiger partial charge in [-0.3, -0.25) is 14.4 Å². The van der Waals surface area contributed by atoms with Gasteiger partial charge in [-0.25, -0.2) is 0 Å². The lowest BCUT2D eigenvalue weighted by Crippen LogP contribution is -2.55. The minimum atomic E-state index is -0.991. The van der Waals surface area contributed by atoms with E-state index < -0.39 is 11.5 Å². The summed E-state index contributed by atoms with van der Waals surface area (Å²) in [5.41, 5.74) is 0.320. The molecule has 0 aromatic heterocycles. The maximum Gasteiger partial charge on any atom is 0.162 e. The Kier molecular flexibility index (Phi) is 3.07. The van der Waals surface area contributed by atoms with Crippen molar-refractivity contribution in [3.05, 3.63) is 11.6 Å². The zero-order chi connectivity index (χ0) is 16.6. The number of carbonyl (C=O) groups excluding carboxylic acids is 3. The highest BCUT2D eigenvalue weighted by atomic mass is 16.3. The van der Waals surface area contributed by atoms with Crippen molar-refractivity contribution >= 4 is 17.3 Å². The number of Topliss-reactive ketones (excluding diaryl/α,β-unsaturated/α-hetero) is 2. The van der Waals surface area contributed by atoms with Crippen LogP contribution >= 0.6 is 0 Å². The third-order valence-corrected chi connectivity index (χ3v) is 7.44. The van der Waals surface area contributed by atoms with Crippen molar-refractivity contribution in [1.29, 1.82) is 0 Å². The quantitative estimate of drug-likeness (QED) is 0.744. The minimum Gasteiger partial charge on any atom is -0.385 e. The van der Waals surface area contributed by atoms with Crippen molar-refractivity contribution in [3.63, 3.8) is 0 Å². The van der Waals surface area contributed by atoms with Gasteiger partial charge in [0.25, 0.3) is 0 Å². The van der Waals surface area contributed by atoms with Gasteiger partial charge in [-0.15, -0.1) is 0 Å². The Balaban J connectivity index is 1.77. The molecule has 3 saturated carbocycles. The molecule has 4 rings (SSSR count). The lowest BCUT2D eigenvalue weighted by atomic mass is 9.47. The standard InChI is InChI=1S/C19H24O4/c1-18-6-5-11(20)7-10(18)3-4-12-13-8-14(21)17(23)19(13,2)9-15(22)16(12)18/h7,12-13,16-17,23H,3-6,8-9H2,1-2H3/t12-,13-,16+,17?,18-,19-/m0/s1. The Hall–Kier alpha value is -1.29. The molecule has 4 aliphatic carbocycles. The highest BCUT2D eigenvalue weighted by Gasteiger charge is 2.64. The van der Waals surface area contributed by atoms with E-state index in [0.29, 0.717) is 19.3 Å². The van der Waals surface area contributed by atoms with Crippen LogP contribution in [0.4, 0.5) is 0 Å². The molecule has 0 aromatic carbocycles. The van der Waals surface area contributed by atoms with E-state index in [0.717, 1.165) is 24.8 Å². The van der Waals surface area contributed by atoms with Crippen molar-refractivity contribution in [2.75, 3.05) is 0 Å². The van der Waals surface area contributed by atoms with Gasteiger partial charge >= 0.3 is 0 Å². The van der Waals surface area contributed by atoms with Crippen molar-refractivity contribution in [2.45, 2.75) is 58.5 Å². The van der Waals surface area contributed by atoms with Crippen LogP contribution in [0.25, 0.3) is 0 Å².